The van der Waals surface area contributed by atoms with Crippen molar-refractivity contribution in [3.05, 3.63) is 72.3 Å². The first kappa shape index (κ1) is 15.9. The highest BCUT2D eigenvalue weighted by Crippen LogP contribution is 2.34. The van der Waals surface area contributed by atoms with Crippen LogP contribution in [0.5, 0.6) is 5.75 Å². The molecule has 0 aromatic heterocycles. The molecule has 0 aliphatic carbocycles. The van der Waals surface area contributed by atoms with E-state index in [0.29, 0.717) is 5.56 Å². The predicted octanol–water partition coefficient (Wildman–Crippen LogP) is 4.26. The van der Waals surface area contributed by atoms with Gasteiger partial charge in [0.25, 0.3) is 0 Å². The number of rotatable bonds is 5. The van der Waals surface area contributed by atoms with Crippen molar-refractivity contribution in [3.63, 3.8) is 0 Å². The zero-order chi connectivity index (χ0) is 16.9. The zero-order valence-corrected chi connectivity index (χ0v) is 13.4. The molecule has 122 valence electrons. The molecule has 1 unspecified atom stereocenters. The molecular weight excluding hydrogens is 302 g/mol. The van der Waals surface area contributed by atoms with Crippen LogP contribution in [0, 0.1) is 0 Å². The fraction of sp³-hybridized carbons (Fsp3) is 0.150. The van der Waals surface area contributed by atoms with Gasteiger partial charge in [-0.15, -0.1) is 0 Å². The van der Waals surface area contributed by atoms with Gasteiger partial charge in [-0.2, -0.15) is 0 Å². The average molecular weight is 321 g/mol. The van der Waals surface area contributed by atoms with Gasteiger partial charge in [0, 0.05) is 11.3 Å². The van der Waals surface area contributed by atoms with Crippen molar-refractivity contribution in [2.45, 2.75) is 13.0 Å². The van der Waals surface area contributed by atoms with Gasteiger partial charge < -0.3 is 15.2 Å². The maximum atomic E-state index is 12.5. The molecule has 4 nitrogen and oxygen atoms in total. The Hall–Kier alpha value is -3.01. The number of para-hydroxylation sites is 1. The van der Waals surface area contributed by atoms with E-state index < -0.39 is 12.0 Å². The first-order valence-electron chi connectivity index (χ1n) is 7.89. The molecule has 0 aliphatic heterocycles. The summed E-state index contributed by atoms with van der Waals surface area (Å²) < 4.78 is 5.22. The van der Waals surface area contributed by atoms with E-state index in [4.69, 9.17) is 4.74 Å². The number of carbonyl (C=O) groups is 1. The number of ether oxygens (including phenoxy) is 1. The molecule has 4 heteroatoms. The highest BCUT2D eigenvalue weighted by Gasteiger charge is 2.26. The number of esters is 1. The third-order valence-electron chi connectivity index (χ3n) is 3.84. The smallest absolute Gasteiger partial charge is 0.333 e. The summed E-state index contributed by atoms with van der Waals surface area (Å²) in [7, 11) is 0. The van der Waals surface area contributed by atoms with Gasteiger partial charge in [0.1, 0.15) is 5.75 Å². The number of nitrogens with one attached hydrogen (secondary N) is 1. The second kappa shape index (κ2) is 7.04. The summed E-state index contributed by atoms with van der Waals surface area (Å²) in [6.07, 6.45) is 0. The van der Waals surface area contributed by atoms with Crippen molar-refractivity contribution < 1.29 is 14.6 Å². The number of carbonyl (C=O) groups excluding carboxylic acids is 1. The molecule has 0 radical (unpaired) electrons. The van der Waals surface area contributed by atoms with Crippen molar-refractivity contribution in [1.29, 1.82) is 0 Å². The zero-order valence-electron chi connectivity index (χ0n) is 13.4. The third kappa shape index (κ3) is 3.18. The lowest BCUT2D eigenvalue weighted by molar-refractivity contribution is -0.144. The second-order valence-corrected chi connectivity index (χ2v) is 5.41. The van der Waals surface area contributed by atoms with Crippen molar-refractivity contribution in [2.75, 3.05) is 11.9 Å². The summed E-state index contributed by atoms with van der Waals surface area (Å²) in [6, 6.07) is 19.7. The van der Waals surface area contributed by atoms with Crippen LogP contribution in [0.25, 0.3) is 10.8 Å². The summed E-state index contributed by atoms with van der Waals surface area (Å²) in [4.78, 5) is 12.5. The number of phenolic OH excluding ortho intramolecular Hbond substituents is 1. The maximum absolute atomic E-state index is 12.5. The Morgan fingerprint density at radius 2 is 1.75 bits per heavy atom. The Labute approximate surface area is 140 Å². The van der Waals surface area contributed by atoms with Gasteiger partial charge in [0.15, 0.2) is 6.04 Å². The Balaban J connectivity index is 2.11. The van der Waals surface area contributed by atoms with E-state index >= 15 is 0 Å². The van der Waals surface area contributed by atoms with Crippen molar-refractivity contribution in [3.8, 4) is 5.75 Å². The lowest BCUT2D eigenvalue weighted by Crippen LogP contribution is -2.23. The van der Waals surface area contributed by atoms with Crippen LogP contribution in [0.3, 0.4) is 0 Å². The molecule has 0 amide bonds. The minimum absolute atomic E-state index is 0.0650. The SMILES string of the molecule is CCOC(=O)C(Nc1ccccc1)c1c(O)ccc2ccccc12. The molecule has 1 atom stereocenters. The summed E-state index contributed by atoms with van der Waals surface area (Å²) in [6.45, 7) is 2.04. The van der Waals surface area contributed by atoms with E-state index in [9.17, 15) is 9.90 Å². The molecule has 3 rings (SSSR count). The lowest BCUT2D eigenvalue weighted by Gasteiger charge is -2.21. The number of benzene rings is 3. The third-order valence-corrected chi connectivity index (χ3v) is 3.84. The molecule has 0 saturated heterocycles. The molecule has 0 bridgehead atoms. The van der Waals surface area contributed by atoms with Gasteiger partial charge in [0.05, 0.1) is 6.61 Å². The van der Waals surface area contributed by atoms with Crippen molar-refractivity contribution in [1.82, 2.24) is 0 Å². The highest BCUT2D eigenvalue weighted by molar-refractivity contribution is 5.94. The van der Waals surface area contributed by atoms with Crippen LogP contribution in [0.2, 0.25) is 0 Å². The predicted molar refractivity (Wildman–Crippen MR) is 95.1 cm³/mol. The number of phenols is 1. The number of hydrogen-bond donors (Lipinski definition) is 2. The van der Waals surface area contributed by atoms with Crippen LogP contribution in [-0.4, -0.2) is 17.7 Å². The summed E-state index contributed by atoms with van der Waals surface area (Å²) in [5, 5.41) is 15.4. The van der Waals surface area contributed by atoms with Crippen LogP contribution in [-0.2, 0) is 9.53 Å². The van der Waals surface area contributed by atoms with Gasteiger partial charge in [-0.1, -0.05) is 48.5 Å². The van der Waals surface area contributed by atoms with Gasteiger partial charge in [0.2, 0.25) is 0 Å². The fourth-order valence-electron chi connectivity index (χ4n) is 2.76. The van der Waals surface area contributed by atoms with E-state index in [2.05, 4.69) is 5.32 Å². The van der Waals surface area contributed by atoms with Crippen LogP contribution < -0.4 is 5.32 Å². The van der Waals surface area contributed by atoms with Crippen LogP contribution >= 0.6 is 0 Å². The first-order chi connectivity index (χ1) is 11.7. The van der Waals surface area contributed by atoms with E-state index in [1.807, 2.05) is 60.7 Å². The molecule has 0 spiro atoms. The Bertz CT molecular complexity index is 846. The summed E-state index contributed by atoms with van der Waals surface area (Å²) in [5.74, 6) is -0.358. The van der Waals surface area contributed by atoms with Gasteiger partial charge in [-0.3, -0.25) is 0 Å². The lowest BCUT2D eigenvalue weighted by atomic mass is 9.97. The molecule has 3 aromatic rings. The topological polar surface area (TPSA) is 58.6 Å². The number of aromatic hydroxyl groups is 1. The standard InChI is InChI=1S/C20H19NO3/c1-2-24-20(23)19(21-15-9-4-3-5-10-15)18-16-11-7-6-8-14(16)12-13-17(18)22/h3-13,19,21-22H,2H2,1H3. The van der Waals surface area contributed by atoms with E-state index in [1.54, 1.807) is 13.0 Å². The number of anilines is 1. The van der Waals surface area contributed by atoms with Crippen molar-refractivity contribution >= 4 is 22.4 Å². The molecule has 0 saturated carbocycles. The molecule has 0 fully saturated rings. The van der Waals surface area contributed by atoms with Crippen molar-refractivity contribution in [2.24, 2.45) is 0 Å². The quantitative estimate of drug-likeness (QED) is 0.689. The minimum atomic E-state index is -0.793. The normalized spacial score (nSPS) is 11.9. The van der Waals surface area contributed by atoms with Crippen LogP contribution in [0.4, 0.5) is 5.69 Å². The number of hydrogen-bond acceptors (Lipinski definition) is 4. The van der Waals surface area contributed by atoms with E-state index in [-0.39, 0.29) is 12.4 Å². The highest BCUT2D eigenvalue weighted by atomic mass is 16.5. The molecule has 0 heterocycles. The van der Waals surface area contributed by atoms with Crippen LogP contribution in [0.1, 0.15) is 18.5 Å². The summed E-state index contributed by atoms with van der Waals surface area (Å²) >= 11 is 0. The largest absolute Gasteiger partial charge is 0.508 e. The number of fused-ring (bicyclic) bond motifs is 1. The first-order valence-corrected chi connectivity index (χ1v) is 7.89. The Morgan fingerprint density at radius 1 is 1.04 bits per heavy atom. The Kier molecular flexibility index (Phi) is 4.66. The Morgan fingerprint density at radius 3 is 2.50 bits per heavy atom. The monoisotopic (exact) mass is 321 g/mol. The van der Waals surface area contributed by atoms with Gasteiger partial charge in [-0.25, -0.2) is 4.79 Å². The molecule has 0 aliphatic rings. The summed E-state index contributed by atoms with van der Waals surface area (Å²) in [5.41, 5.74) is 1.30. The fourth-order valence-corrected chi connectivity index (χ4v) is 2.76. The molecular formula is C20H19NO3. The van der Waals surface area contributed by atoms with Gasteiger partial charge in [-0.05, 0) is 35.9 Å². The second-order valence-electron chi connectivity index (χ2n) is 5.41. The average Bonchev–Trinajstić information content (AvgIpc) is 2.61. The molecule has 24 heavy (non-hydrogen) atoms. The van der Waals surface area contributed by atoms with E-state index in [1.165, 1.54) is 0 Å². The minimum Gasteiger partial charge on any atom is -0.508 e. The maximum Gasteiger partial charge on any atom is 0.333 e. The molecule has 3 aromatic carbocycles. The van der Waals surface area contributed by atoms with E-state index in [0.717, 1.165) is 16.5 Å². The molecule has 2 N–H and O–H groups in total. The van der Waals surface area contributed by atoms with Gasteiger partial charge >= 0.3 is 5.97 Å². The van der Waals surface area contributed by atoms with Crippen LogP contribution in [0.15, 0.2) is 66.7 Å².